The molecule has 0 aliphatic heterocycles. The summed E-state index contributed by atoms with van der Waals surface area (Å²) in [6.07, 6.45) is 4.26. The van der Waals surface area contributed by atoms with Crippen LogP contribution < -0.4 is 0 Å². The third-order valence-electron chi connectivity index (χ3n) is 3.44. The number of carbonyl (C=O) groups is 1. The summed E-state index contributed by atoms with van der Waals surface area (Å²) in [5.74, 6) is -0.186. The maximum Gasteiger partial charge on any atom is 0.303 e. The second-order valence-corrected chi connectivity index (χ2v) is 4.55. The Hall–Kier alpha value is -1.97. The average Bonchev–Trinajstić information content (AvgIpc) is 2.78. The van der Waals surface area contributed by atoms with Crippen LogP contribution in [0.1, 0.15) is 30.4 Å². The predicted molar refractivity (Wildman–Crippen MR) is 59.7 cm³/mol. The largest absolute Gasteiger partial charge is 0.508 e. The van der Waals surface area contributed by atoms with E-state index in [1.807, 2.05) is 6.08 Å². The molecule has 1 aromatic carbocycles. The van der Waals surface area contributed by atoms with Gasteiger partial charge in [-0.1, -0.05) is 6.08 Å². The number of hydrogen-bond acceptors (Lipinski definition) is 4. The van der Waals surface area contributed by atoms with Crippen LogP contribution in [0.2, 0.25) is 0 Å². The van der Waals surface area contributed by atoms with Gasteiger partial charge in [0.25, 0.3) is 0 Å². The zero-order valence-electron chi connectivity index (χ0n) is 9.30. The molecule has 0 unspecified atom stereocenters. The average molecular weight is 232 g/mol. The lowest BCUT2D eigenvalue weighted by molar-refractivity contribution is -0.152. The molecule has 17 heavy (non-hydrogen) atoms. The topological polar surface area (TPSA) is 66.8 Å². The SMILES string of the molecule is CC(=O)O[C@]12C=C[C@H](C1)c1c(O)ccc(O)c12. The van der Waals surface area contributed by atoms with Crippen LogP contribution in [-0.4, -0.2) is 16.2 Å². The van der Waals surface area contributed by atoms with Crippen molar-refractivity contribution in [1.82, 2.24) is 0 Å². The Balaban J connectivity index is 2.22. The van der Waals surface area contributed by atoms with E-state index < -0.39 is 11.6 Å². The quantitative estimate of drug-likeness (QED) is 0.441. The van der Waals surface area contributed by atoms with E-state index in [-0.39, 0.29) is 17.4 Å². The fourth-order valence-electron chi connectivity index (χ4n) is 2.92. The number of hydrogen-bond donors (Lipinski definition) is 2. The lowest BCUT2D eigenvalue weighted by Crippen LogP contribution is -2.25. The molecule has 0 heterocycles. The molecule has 0 amide bonds. The van der Waals surface area contributed by atoms with E-state index >= 15 is 0 Å². The molecular weight excluding hydrogens is 220 g/mol. The second kappa shape index (κ2) is 3.03. The summed E-state index contributed by atoms with van der Waals surface area (Å²) >= 11 is 0. The predicted octanol–water partition coefficient (Wildman–Crippen LogP) is 1.91. The van der Waals surface area contributed by atoms with E-state index in [1.54, 1.807) is 6.08 Å². The Morgan fingerprint density at radius 2 is 2.12 bits per heavy atom. The van der Waals surface area contributed by atoms with Gasteiger partial charge in [0.2, 0.25) is 0 Å². The molecule has 2 atom stereocenters. The van der Waals surface area contributed by atoms with Crippen molar-refractivity contribution in [3.05, 3.63) is 35.4 Å². The fraction of sp³-hybridized carbons (Fsp3) is 0.308. The fourth-order valence-corrected chi connectivity index (χ4v) is 2.92. The first-order valence-corrected chi connectivity index (χ1v) is 5.48. The van der Waals surface area contributed by atoms with Gasteiger partial charge in [-0.3, -0.25) is 4.79 Å². The second-order valence-electron chi connectivity index (χ2n) is 4.55. The number of rotatable bonds is 1. The number of esters is 1. The van der Waals surface area contributed by atoms with E-state index in [1.165, 1.54) is 19.1 Å². The van der Waals surface area contributed by atoms with Crippen LogP contribution in [0.15, 0.2) is 24.3 Å². The maximum atomic E-state index is 11.2. The first kappa shape index (κ1) is 10.2. The molecule has 0 saturated carbocycles. The number of aromatic hydroxyl groups is 2. The highest BCUT2D eigenvalue weighted by molar-refractivity contribution is 5.70. The van der Waals surface area contributed by atoms with Crippen LogP contribution in [0, 0.1) is 0 Å². The van der Waals surface area contributed by atoms with Gasteiger partial charge >= 0.3 is 5.97 Å². The third kappa shape index (κ3) is 1.21. The molecule has 4 nitrogen and oxygen atoms in total. The molecule has 3 rings (SSSR count). The van der Waals surface area contributed by atoms with Gasteiger partial charge in [-0.05, 0) is 18.2 Å². The molecule has 0 radical (unpaired) electrons. The summed E-state index contributed by atoms with van der Waals surface area (Å²) in [6, 6.07) is 2.89. The lowest BCUT2D eigenvalue weighted by atomic mass is 9.92. The standard InChI is InChI=1S/C13H12O4/c1-7(14)17-13-5-4-8(6-13)11-9(15)2-3-10(16)12(11)13/h2-5,8,15-16H,6H2,1H3/t8-,13-/m1/s1. The van der Waals surface area contributed by atoms with Gasteiger partial charge in [-0.15, -0.1) is 0 Å². The molecule has 0 saturated heterocycles. The first-order valence-electron chi connectivity index (χ1n) is 5.48. The van der Waals surface area contributed by atoms with Gasteiger partial charge < -0.3 is 14.9 Å². The van der Waals surface area contributed by atoms with Crippen molar-refractivity contribution in [2.45, 2.75) is 24.9 Å². The van der Waals surface area contributed by atoms with Gasteiger partial charge in [-0.25, -0.2) is 0 Å². The van der Waals surface area contributed by atoms with Crippen molar-refractivity contribution in [2.24, 2.45) is 0 Å². The third-order valence-corrected chi connectivity index (χ3v) is 3.44. The number of carbonyl (C=O) groups excluding carboxylic acids is 1. The molecule has 88 valence electrons. The monoisotopic (exact) mass is 232 g/mol. The Morgan fingerprint density at radius 3 is 2.82 bits per heavy atom. The van der Waals surface area contributed by atoms with Gasteiger partial charge in [0, 0.05) is 30.4 Å². The van der Waals surface area contributed by atoms with Crippen molar-refractivity contribution < 1.29 is 19.7 Å². The van der Waals surface area contributed by atoms with E-state index in [2.05, 4.69) is 0 Å². The normalized spacial score (nSPS) is 28.2. The van der Waals surface area contributed by atoms with E-state index in [0.717, 1.165) is 0 Å². The summed E-state index contributed by atoms with van der Waals surface area (Å²) in [4.78, 5) is 11.2. The van der Waals surface area contributed by atoms with Crippen molar-refractivity contribution in [3.8, 4) is 11.5 Å². The van der Waals surface area contributed by atoms with Crippen LogP contribution in [0.4, 0.5) is 0 Å². The van der Waals surface area contributed by atoms with Crippen molar-refractivity contribution >= 4 is 5.97 Å². The first-order chi connectivity index (χ1) is 8.03. The number of fused-ring (bicyclic) bond motifs is 5. The molecule has 2 bridgehead atoms. The molecule has 4 heteroatoms. The zero-order chi connectivity index (χ0) is 12.2. The Morgan fingerprint density at radius 1 is 1.41 bits per heavy atom. The van der Waals surface area contributed by atoms with Crippen LogP contribution in [0.25, 0.3) is 0 Å². The van der Waals surface area contributed by atoms with Gasteiger partial charge in [0.05, 0.1) is 0 Å². The summed E-state index contributed by atoms with van der Waals surface area (Å²) in [6.45, 7) is 1.34. The zero-order valence-corrected chi connectivity index (χ0v) is 9.30. The Labute approximate surface area is 98.1 Å². The molecule has 0 aromatic heterocycles. The van der Waals surface area contributed by atoms with Crippen molar-refractivity contribution in [1.29, 1.82) is 0 Å². The minimum Gasteiger partial charge on any atom is -0.508 e. The van der Waals surface area contributed by atoms with Crippen LogP contribution in [0.5, 0.6) is 11.5 Å². The van der Waals surface area contributed by atoms with E-state index in [9.17, 15) is 15.0 Å². The van der Waals surface area contributed by atoms with Gasteiger partial charge in [-0.2, -0.15) is 0 Å². The van der Waals surface area contributed by atoms with Gasteiger partial charge in [0.1, 0.15) is 11.5 Å². The number of phenols is 2. The minimum absolute atomic E-state index is 0.0106. The van der Waals surface area contributed by atoms with Crippen LogP contribution in [-0.2, 0) is 15.1 Å². The van der Waals surface area contributed by atoms with E-state index in [4.69, 9.17) is 4.74 Å². The van der Waals surface area contributed by atoms with Gasteiger partial charge in [0.15, 0.2) is 5.60 Å². The molecule has 1 aromatic rings. The lowest BCUT2D eigenvalue weighted by Gasteiger charge is -2.26. The summed E-state index contributed by atoms with van der Waals surface area (Å²) in [7, 11) is 0. The Bertz CT molecular complexity index is 547. The molecular formula is C13H12O4. The number of benzene rings is 1. The van der Waals surface area contributed by atoms with Crippen LogP contribution in [0.3, 0.4) is 0 Å². The number of ether oxygens (including phenoxy) is 1. The molecule has 2 N–H and O–H groups in total. The van der Waals surface area contributed by atoms with E-state index in [0.29, 0.717) is 17.5 Å². The molecule has 0 fully saturated rings. The van der Waals surface area contributed by atoms with Crippen molar-refractivity contribution in [2.75, 3.05) is 0 Å². The summed E-state index contributed by atoms with van der Waals surface area (Å²) in [5, 5.41) is 19.8. The summed E-state index contributed by atoms with van der Waals surface area (Å²) < 4.78 is 5.36. The maximum absolute atomic E-state index is 11.2. The minimum atomic E-state index is -0.894. The summed E-state index contributed by atoms with van der Waals surface area (Å²) in [5.41, 5.74) is 0.309. The molecule has 2 aliphatic rings. The smallest absolute Gasteiger partial charge is 0.303 e. The number of phenolic OH excluding ortho intramolecular Hbond substituents is 2. The van der Waals surface area contributed by atoms with Crippen molar-refractivity contribution in [3.63, 3.8) is 0 Å². The molecule has 0 spiro atoms. The highest BCUT2D eigenvalue weighted by atomic mass is 16.6. The Kier molecular flexibility index (Phi) is 1.82. The molecule has 2 aliphatic carbocycles. The van der Waals surface area contributed by atoms with Crippen LogP contribution >= 0.6 is 0 Å². The highest BCUT2D eigenvalue weighted by Crippen LogP contribution is 2.58. The number of allylic oxidation sites excluding steroid dienone is 1. The highest BCUT2D eigenvalue weighted by Gasteiger charge is 2.51.